The van der Waals surface area contributed by atoms with Crippen molar-refractivity contribution in [2.45, 2.75) is 9.79 Å². The lowest BCUT2D eigenvalue weighted by Gasteiger charge is -2.03. The summed E-state index contributed by atoms with van der Waals surface area (Å²) in [6, 6.07) is 22.0. The first-order valence-corrected chi connectivity index (χ1v) is 9.61. The number of nitrogens with one attached hydrogen (secondary N) is 1. The van der Waals surface area contributed by atoms with E-state index in [0.717, 1.165) is 15.4 Å². The summed E-state index contributed by atoms with van der Waals surface area (Å²) < 4.78 is 13.4. The van der Waals surface area contributed by atoms with E-state index in [2.05, 4.69) is 16.0 Å². The molecule has 3 nitrogen and oxygen atoms in total. The molecule has 0 aliphatic heterocycles. The van der Waals surface area contributed by atoms with Gasteiger partial charge in [-0.3, -0.25) is 0 Å². The van der Waals surface area contributed by atoms with E-state index in [-0.39, 0.29) is 5.82 Å². The Labute approximate surface area is 170 Å². The van der Waals surface area contributed by atoms with Gasteiger partial charge in [0.05, 0.1) is 16.6 Å². The van der Waals surface area contributed by atoms with E-state index in [4.69, 9.17) is 11.6 Å². The van der Waals surface area contributed by atoms with Gasteiger partial charge in [-0.25, -0.2) is 9.37 Å². The number of aromatic amines is 1. The molecule has 1 N–H and O–H groups in total. The summed E-state index contributed by atoms with van der Waals surface area (Å²) >= 11 is 7.55. The molecule has 0 saturated carbocycles. The number of fused-ring (bicyclic) bond motifs is 1. The van der Waals surface area contributed by atoms with Crippen LogP contribution in [0.4, 0.5) is 4.39 Å². The van der Waals surface area contributed by atoms with Crippen LogP contribution >= 0.6 is 23.4 Å². The van der Waals surface area contributed by atoms with Crippen LogP contribution in [0.3, 0.4) is 0 Å². The molecule has 0 fully saturated rings. The second-order valence-corrected chi connectivity index (χ2v) is 7.63. The van der Waals surface area contributed by atoms with Crippen LogP contribution in [0.5, 0.6) is 0 Å². The molecule has 1 aromatic heterocycles. The third-order valence-corrected chi connectivity index (χ3v) is 5.33. The minimum absolute atomic E-state index is 0.348. The van der Waals surface area contributed by atoms with Crippen LogP contribution in [0.15, 0.2) is 76.5 Å². The quantitative estimate of drug-likeness (QED) is 0.390. The number of benzene rings is 3. The molecular weight excluding hydrogens is 393 g/mol. The predicted octanol–water partition coefficient (Wildman–Crippen LogP) is 6.57. The van der Waals surface area contributed by atoms with Gasteiger partial charge in [0, 0.05) is 14.8 Å². The van der Waals surface area contributed by atoms with Gasteiger partial charge in [0.2, 0.25) is 0 Å². The molecule has 0 aliphatic rings. The lowest BCUT2D eigenvalue weighted by molar-refractivity contribution is 0.629. The molecule has 0 atom stereocenters. The van der Waals surface area contributed by atoms with Gasteiger partial charge in [-0.1, -0.05) is 35.5 Å². The van der Waals surface area contributed by atoms with Crippen LogP contribution < -0.4 is 0 Å². The number of nitrogens with zero attached hydrogens (tertiary/aromatic N) is 2. The first-order valence-electron chi connectivity index (χ1n) is 8.42. The van der Waals surface area contributed by atoms with E-state index < -0.39 is 0 Å². The van der Waals surface area contributed by atoms with E-state index in [9.17, 15) is 9.65 Å². The normalized spacial score (nSPS) is 11.5. The van der Waals surface area contributed by atoms with E-state index in [0.29, 0.717) is 27.5 Å². The molecule has 4 rings (SSSR count). The number of imidazole rings is 1. The number of aromatic nitrogens is 2. The number of halogens is 2. The van der Waals surface area contributed by atoms with Crippen LogP contribution in [0.1, 0.15) is 11.4 Å². The summed E-state index contributed by atoms with van der Waals surface area (Å²) in [4.78, 5) is 9.55. The Balaban J connectivity index is 1.57. The largest absolute Gasteiger partial charge is 0.337 e. The van der Waals surface area contributed by atoms with Gasteiger partial charge < -0.3 is 4.98 Å². The number of allylic oxidation sites excluding steroid dienone is 1. The van der Waals surface area contributed by atoms with Crippen LogP contribution in [0.25, 0.3) is 22.7 Å². The van der Waals surface area contributed by atoms with Crippen molar-refractivity contribution >= 4 is 46.0 Å². The number of H-pyrrole nitrogens is 1. The Morgan fingerprint density at radius 2 is 1.71 bits per heavy atom. The number of hydrogen-bond acceptors (Lipinski definition) is 3. The first kappa shape index (κ1) is 18.3. The molecular formula is C22H13ClFN3S. The molecule has 3 aromatic carbocycles. The SMILES string of the molecule is N#C/C(=C/c1ccc(Sc2ccc(Cl)cc2)cc1)c1nc2ccc(F)cc2[nH]1. The maximum Gasteiger partial charge on any atom is 0.149 e. The minimum Gasteiger partial charge on any atom is -0.337 e. The number of hydrogen-bond donors (Lipinski definition) is 1. The van der Waals surface area contributed by atoms with Gasteiger partial charge in [0.25, 0.3) is 0 Å². The lowest BCUT2D eigenvalue weighted by atomic mass is 10.1. The maximum atomic E-state index is 13.4. The van der Waals surface area contributed by atoms with Crippen molar-refractivity contribution in [2.24, 2.45) is 0 Å². The fourth-order valence-electron chi connectivity index (χ4n) is 2.70. The third kappa shape index (κ3) is 4.09. The highest BCUT2D eigenvalue weighted by atomic mass is 35.5. The fraction of sp³-hybridized carbons (Fsp3) is 0. The van der Waals surface area contributed by atoms with Crippen molar-refractivity contribution in [1.82, 2.24) is 9.97 Å². The van der Waals surface area contributed by atoms with Crippen LogP contribution in [0, 0.1) is 17.1 Å². The zero-order valence-corrected chi connectivity index (χ0v) is 16.1. The predicted molar refractivity (Wildman–Crippen MR) is 112 cm³/mol. The fourth-order valence-corrected chi connectivity index (χ4v) is 3.64. The summed E-state index contributed by atoms with van der Waals surface area (Å²) in [7, 11) is 0. The second-order valence-electron chi connectivity index (χ2n) is 6.04. The summed E-state index contributed by atoms with van der Waals surface area (Å²) in [5.74, 6) is 0.0710. The molecule has 6 heteroatoms. The van der Waals surface area contributed by atoms with Gasteiger partial charge in [-0.05, 0) is 66.2 Å². The highest BCUT2D eigenvalue weighted by molar-refractivity contribution is 7.99. The molecule has 0 amide bonds. The average Bonchev–Trinajstić information content (AvgIpc) is 3.12. The van der Waals surface area contributed by atoms with E-state index in [1.165, 1.54) is 12.1 Å². The number of rotatable bonds is 4. The second kappa shape index (κ2) is 7.89. The molecule has 0 aliphatic carbocycles. The van der Waals surface area contributed by atoms with E-state index >= 15 is 0 Å². The summed E-state index contributed by atoms with van der Waals surface area (Å²) in [5.41, 5.74) is 2.44. The van der Waals surface area contributed by atoms with Crippen molar-refractivity contribution in [3.05, 3.63) is 89.0 Å². The Kier molecular flexibility index (Phi) is 5.16. The Morgan fingerprint density at radius 3 is 2.39 bits per heavy atom. The van der Waals surface area contributed by atoms with Gasteiger partial charge in [-0.15, -0.1) is 0 Å². The zero-order valence-electron chi connectivity index (χ0n) is 14.5. The molecule has 28 heavy (non-hydrogen) atoms. The summed E-state index contributed by atoms with van der Waals surface area (Å²) in [5, 5.41) is 10.2. The van der Waals surface area contributed by atoms with Crippen LogP contribution in [-0.2, 0) is 0 Å². The van der Waals surface area contributed by atoms with Crippen LogP contribution in [0.2, 0.25) is 5.02 Å². The molecule has 1 heterocycles. The lowest BCUT2D eigenvalue weighted by Crippen LogP contribution is -1.85. The van der Waals surface area contributed by atoms with Gasteiger partial charge in [0.1, 0.15) is 17.7 Å². The monoisotopic (exact) mass is 405 g/mol. The standard InChI is InChI=1S/C22H13ClFN3S/c23-16-3-8-19(9-4-16)28-18-6-1-14(2-7-18)11-15(13-25)22-26-20-10-5-17(24)12-21(20)27-22/h1-12H,(H,26,27)/b15-11-. The van der Waals surface area contributed by atoms with Crippen molar-refractivity contribution in [1.29, 1.82) is 5.26 Å². The van der Waals surface area contributed by atoms with Gasteiger partial charge in [-0.2, -0.15) is 5.26 Å². The smallest absolute Gasteiger partial charge is 0.149 e. The van der Waals surface area contributed by atoms with Gasteiger partial charge >= 0.3 is 0 Å². The molecule has 4 aromatic rings. The molecule has 0 radical (unpaired) electrons. The first-order chi connectivity index (χ1) is 13.6. The molecule has 0 unspecified atom stereocenters. The number of nitriles is 1. The van der Waals surface area contributed by atoms with E-state index in [1.807, 2.05) is 48.5 Å². The molecule has 0 bridgehead atoms. The Morgan fingerprint density at radius 1 is 1.04 bits per heavy atom. The van der Waals surface area contributed by atoms with Crippen molar-refractivity contribution in [2.75, 3.05) is 0 Å². The molecule has 0 saturated heterocycles. The topological polar surface area (TPSA) is 52.5 Å². The Bertz CT molecular complexity index is 1210. The van der Waals surface area contributed by atoms with Crippen LogP contribution in [-0.4, -0.2) is 9.97 Å². The summed E-state index contributed by atoms with van der Waals surface area (Å²) in [6.07, 6.45) is 1.75. The highest BCUT2D eigenvalue weighted by Crippen LogP contribution is 2.29. The highest BCUT2D eigenvalue weighted by Gasteiger charge is 2.09. The Hall–Kier alpha value is -3.07. The average molecular weight is 406 g/mol. The molecule has 136 valence electrons. The van der Waals surface area contributed by atoms with Crippen molar-refractivity contribution in [3.8, 4) is 6.07 Å². The summed E-state index contributed by atoms with van der Waals surface area (Å²) in [6.45, 7) is 0. The van der Waals surface area contributed by atoms with Crippen molar-refractivity contribution < 1.29 is 4.39 Å². The van der Waals surface area contributed by atoms with E-state index in [1.54, 1.807) is 23.9 Å². The molecule has 0 spiro atoms. The third-order valence-electron chi connectivity index (χ3n) is 4.06. The minimum atomic E-state index is -0.348. The van der Waals surface area contributed by atoms with Gasteiger partial charge in [0.15, 0.2) is 0 Å². The maximum absolute atomic E-state index is 13.4. The zero-order chi connectivity index (χ0) is 19.5. The van der Waals surface area contributed by atoms with Crippen molar-refractivity contribution in [3.63, 3.8) is 0 Å².